The third kappa shape index (κ3) is 3.46. The molecule has 1 saturated carbocycles. The van der Waals surface area contributed by atoms with E-state index >= 15 is 0 Å². The van der Waals surface area contributed by atoms with Crippen LogP contribution in [-0.2, 0) is 14.0 Å². The average molecular weight is 240 g/mol. The van der Waals surface area contributed by atoms with Gasteiger partial charge in [0.25, 0.3) is 0 Å². The van der Waals surface area contributed by atoms with Gasteiger partial charge in [-0.2, -0.15) is 0 Å². The zero-order chi connectivity index (χ0) is 12.5. The van der Waals surface area contributed by atoms with Gasteiger partial charge in [-0.3, -0.25) is 0 Å². The van der Waals surface area contributed by atoms with Crippen LogP contribution in [0.5, 0.6) is 0 Å². The van der Waals surface area contributed by atoms with Crippen molar-refractivity contribution in [3.05, 3.63) is 0 Å². The number of rotatable bonds is 6. The van der Waals surface area contributed by atoms with Gasteiger partial charge in [0.1, 0.15) is 0 Å². The van der Waals surface area contributed by atoms with Crippen LogP contribution in [0, 0.1) is 5.92 Å². The lowest BCUT2D eigenvalue weighted by Crippen LogP contribution is -2.41. The molecule has 1 saturated heterocycles. The smallest absolute Gasteiger partial charge is 0.403 e. The van der Waals surface area contributed by atoms with Crippen molar-refractivity contribution in [1.29, 1.82) is 0 Å². The Hall–Kier alpha value is -0.0551. The average Bonchev–Trinajstić information content (AvgIpc) is 2.95. The summed E-state index contributed by atoms with van der Waals surface area (Å²) in [7, 11) is -0.0653. The van der Waals surface area contributed by atoms with E-state index in [1.165, 1.54) is 12.8 Å². The summed E-state index contributed by atoms with van der Waals surface area (Å²) >= 11 is 0. The van der Waals surface area contributed by atoms with Gasteiger partial charge in [-0.15, -0.1) is 0 Å². The Bertz CT molecular complexity index is 245. The zero-order valence-corrected chi connectivity index (χ0v) is 11.6. The maximum Gasteiger partial charge on any atom is 0.457 e. The van der Waals surface area contributed by atoms with Gasteiger partial charge >= 0.3 is 7.12 Å². The normalized spacial score (nSPS) is 26.5. The fraction of sp³-hybridized carbons (Fsp3) is 1.00. The Morgan fingerprint density at radius 1 is 1.12 bits per heavy atom. The minimum Gasteiger partial charge on any atom is -0.403 e. The van der Waals surface area contributed by atoms with Gasteiger partial charge in [0, 0.05) is 13.2 Å². The van der Waals surface area contributed by atoms with Crippen LogP contribution in [0.15, 0.2) is 0 Å². The molecule has 2 rings (SSSR count). The van der Waals surface area contributed by atoms with Crippen molar-refractivity contribution in [2.24, 2.45) is 5.92 Å². The molecule has 2 fully saturated rings. The van der Waals surface area contributed by atoms with Crippen LogP contribution in [-0.4, -0.2) is 31.5 Å². The van der Waals surface area contributed by atoms with Gasteiger partial charge in [-0.25, -0.2) is 0 Å². The van der Waals surface area contributed by atoms with E-state index in [1.54, 1.807) is 0 Å². The van der Waals surface area contributed by atoms with Crippen LogP contribution >= 0.6 is 0 Å². The van der Waals surface area contributed by atoms with E-state index in [0.717, 1.165) is 31.9 Å². The van der Waals surface area contributed by atoms with Gasteiger partial charge in [-0.1, -0.05) is 0 Å². The Labute approximate surface area is 105 Å². The monoisotopic (exact) mass is 240 g/mol. The lowest BCUT2D eigenvalue weighted by Gasteiger charge is -2.32. The van der Waals surface area contributed by atoms with Gasteiger partial charge in [0.05, 0.1) is 11.2 Å². The summed E-state index contributed by atoms with van der Waals surface area (Å²) in [5.74, 6) is 0.854. The third-order valence-corrected chi connectivity index (χ3v) is 4.08. The first-order valence-electron chi connectivity index (χ1n) is 6.84. The summed E-state index contributed by atoms with van der Waals surface area (Å²) < 4.78 is 17.5. The van der Waals surface area contributed by atoms with Crippen molar-refractivity contribution >= 4 is 7.12 Å². The number of ether oxygens (including phenoxy) is 1. The molecule has 0 N–H and O–H groups in total. The highest BCUT2D eigenvalue weighted by atomic mass is 16.7. The fourth-order valence-electron chi connectivity index (χ4n) is 1.97. The van der Waals surface area contributed by atoms with Crippen LogP contribution in [0.25, 0.3) is 0 Å². The zero-order valence-electron chi connectivity index (χ0n) is 11.6. The van der Waals surface area contributed by atoms with Crippen molar-refractivity contribution in [3.8, 4) is 0 Å². The SMILES string of the molecule is CC1(C)OB(CCCOCC2CC2)OC1(C)C. The summed E-state index contributed by atoms with van der Waals surface area (Å²) in [6, 6.07) is 0. The lowest BCUT2D eigenvalue weighted by molar-refractivity contribution is 0.00578. The van der Waals surface area contributed by atoms with E-state index < -0.39 is 0 Å². The summed E-state index contributed by atoms with van der Waals surface area (Å²) in [4.78, 5) is 0. The van der Waals surface area contributed by atoms with Crippen LogP contribution in [0.1, 0.15) is 47.0 Å². The highest BCUT2D eigenvalue weighted by molar-refractivity contribution is 6.45. The fourth-order valence-corrected chi connectivity index (χ4v) is 1.97. The van der Waals surface area contributed by atoms with Crippen LogP contribution in [0.4, 0.5) is 0 Å². The Balaban J connectivity index is 1.60. The van der Waals surface area contributed by atoms with Crippen molar-refractivity contribution in [1.82, 2.24) is 0 Å². The maximum absolute atomic E-state index is 5.93. The molecule has 4 heteroatoms. The molecule has 1 heterocycles. The van der Waals surface area contributed by atoms with Crippen molar-refractivity contribution in [2.45, 2.75) is 64.5 Å². The minimum absolute atomic E-state index is 0.0653. The molecule has 0 unspecified atom stereocenters. The Kier molecular flexibility index (Phi) is 3.86. The molecule has 0 aromatic rings. The van der Waals surface area contributed by atoms with Gasteiger partial charge in [0.2, 0.25) is 0 Å². The predicted octanol–water partition coefficient (Wildman–Crippen LogP) is 2.90. The molecular weight excluding hydrogens is 215 g/mol. The first-order chi connectivity index (χ1) is 7.91. The minimum atomic E-state index is -0.202. The molecule has 1 aliphatic carbocycles. The number of hydrogen-bond acceptors (Lipinski definition) is 3. The Morgan fingerprint density at radius 2 is 1.71 bits per heavy atom. The highest BCUT2D eigenvalue weighted by Crippen LogP contribution is 2.37. The second-order valence-electron chi connectivity index (χ2n) is 6.35. The van der Waals surface area contributed by atoms with Gasteiger partial charge in [-0.05, 0) is 59.2 Å². The summed E-state index contributed by atoms with van der Waals surface area (Å²) in [5.41, 5.74) is -0.404. The van der Waals surface area contributed by atoms with Gasteiger partial charge in [0.15, 0.2) is 0 Å². The molecule has 0 bridgehead atoms. The van der Waals surface area contributed by atoms with E-state index in [4.69, 9.17) is 14.0 Å². The molecule has 0 spiro atoms. The Morgan fingerprint density at radius 3 is 2.24 bits per heavy atom. The highest BCUT2D eigenvalue weighted by Gasteiger charge is 2.50. The first kappa shape index (κ1) is 13.4. The summed E-state index contributed by atoms with van der Waals surface area (Å²) in [6.45, 7) is 10.2. The van der Waals surface area contributed by atoms with E-state index in [0.29, 0.717) is 0 Å². The van der Waals surface area contributed by atoms with E-state index in [2.05, 4.69) is 27.7 Å². The van der Waals surface area contributed by atoms with E-state index in [9.17, 15) is 0 Å². The lowest BCUT2D eigenvalue weighted by atomic mass is 9.83. The largest absolute Gasteiger partial charge is 0.457 e. The molecule has 0 aromatic heterocycles. The second-order valence-corrected chi connectivity index (χ2v) is 6.35. The number of hydrogen-bond donors (Lipinski definition) is 0. The molecular formula is C13H25BO3. The van der Waals surface area contributed by atoms with Crippen LogP contribution < -0.4 is 0 Å². The van der Waals surface area contributed by atoms with Gasteiger partial charge < -0.3 is 14.0 Å². The first-order valence-corrected chi connectivity index (χ1v) is 6.84. The van der Waals surface area contributed by atoms with E-state index in [1.807, 2.05) is 0 Å². The topological polar surface area (TPSA) is 27.7 Å². The molecule has 0 amide bonds. The molecule has 98 valence electrons. The molecule has 0 aromatic carbocycles. The van der Waals surface area contributed by atoms with Crippen molar-refractivity contribution in [2.75, 3.05) is 13.2 Å². The van der Waals surface area contributed by atoms with E-state index in [-0.39, 0.29) is 18.3 Å². The quantitative estimate of drug-likeness (QED) is 0.527. The molecule has 17 heavy (non-hydrogen) atoms. The van der Waals surface area contributed by atoms with Crippen LogP contribution in [0.2, 0.25) is 6.32 Å². The summed E-state index contributed by atoms with van der Waals surface area (Å²) in [6.07, 6.45) is 4.66. The predicted molar refractivity (Wildman–Crippen MR) is 69.0 cm³/mol. The molecule has 0 atom stereocenters. The second kappa shape index (κ2) is 4.91. The molecule has 1 aliphatic heterocycles. The molecule has 2 aliphatic rings. The van der Waals surface area contributed by atoms with Crippen LogP contribution in [0.3, 0.4) is 0 Å². The van der Waals surface area contributed by atoms with Crippen molar-refractivity contribution in [3.63, 3.8) is 0 Å². The standard InChI is InChI=1S/C13H25BO3/c1-12(2)13(3,4)17-14(16-12)8-5-9-15-10-11-6-7-11/h11H,5-10H2,1-4H3. The third-order valence-electron chi connectivity index (χ3n) is 4.08. The molecule has 0 radical (unpaired) electrons. The molecule has 3 nitrogen and oxygen atoms in total. The van der Waals surface area contributed by atoms with Crippen molar-refractivity contribution < 1.29 is 14.0 Å². The maximum atomic E-state index is 5.93. The summed E-state index contributed by atoms with van der Waals surface area (Å²) in [5, 5.41) is 0.